The van der Waals surface area contributed by atoms with Gasteiger partial charge in [0.1, 0.15) is 6.26 Å². The van der Waals surface area contributed by atoms with Crippen LogP contribution in [-0.2, 0) is 6.42 Å². The summed E-state index contributed by atoms with van der Waals surface area (Å²) in [6.45, 7) is 0. The Bertz CT molecular complexity index is 819. The van der Waals surface area contributed by atoms with Crippen LogP contribution in [0.25, 0.3) is 0 Å². The number of amides is 1. The lowest BCUT2D eigenvalue weighted by molar-refractivity contribution is 0.102. The standard InChI is InChI=1S/C17H15N3O3/c21-17(13-7-8-22-10-13)18-14-4-2-1-3-12(14)9-15-19-16(20-23-15)11-5-6-11/h1-4,7-8,10-11H,5-6,9H2,(H,18,21). The monoisotopic (exact) mass is 309 g/mol. The van der Waals surface area contributed by atoms with Crippen molar-refractivity contribution in [3.8, 4) is 0 Å². The highest BCUT2D eigenvalue weighted by atomic mass is 16.5. The number of benzene rings is 1. The number of anilines is 1. The molecule has 4 rings (SSSR count). The second-order valence-corrected chi connectivity index (χ2v) is 5.62. The van der Waals surface area contributed by atoms with Gasteiger partial charge < -0.3 is 14.3 Å². The van der Waals surface area contributed by atoms with Gasteiger partial charge >= 0.3 is 0 Å². The first-order chi connectivity index (χ1) is 11.3. The first kappa shape index (κ1) is 13.8. The van der Waals surface area contributed by atoms with E-state index in [1.807, 2.05) is 24.3 Å². The molecule has 0 bridgehead atoms. The SMILES string of the molecule is O=C(Nc1ccccc1Cc1nc(C2CC2)no1)c1ccoc1. The van der Waals surface area contributed by atoms with Gasteiger partial charge in [-0.05, 0) is 30.5 Å². The number of nitrogens with one attached hydrogen (secondary N) is 1. The summed E-state index contributed by atoms with van der Waals surface area (Å²) < 4.78 is 10.2. The van der Waals surface area contributed by atoms with Gasteiger partial charge in [0.05, 0.1) is 18.2 Å². The maximum Gasteiger partial charge on any atom is 0.258 e. The molecule has 6 nitrogen and oxygen atoms in total. The van der Waals surface area contributed by atoms with Crippen LogP contribution in [0.4, 0.5) is 5.69 Å². The Morgan fingerprint density at radius 2 is 2.13 bits per heavy atom. The fraction of sp³-hybridized carbons (Fsp3) is 0.235. The fourth-order valence-corrected chi connectivity index (χ4v) is 2.39. The third kappa shape index (κ3) is 3.01. The van der Waals surface area contributed by atoms with Crippen LogP contribution >= 0.6 is 0 Å². The maximum absolute atomic E-state index is 12.2. The summed E-state index contributed by atoms with van der Waals surface area (Å²) in [5, 5.41) is 6.91. The van der Waals surface area contributed by atoms with E-state index in [0.29, 0.717) is 23.8 Å². The van der Waals surface area contributed by atoms with Crippen molar-refractivity contribution in [3.05, 3.63) is 65.7 Å². The number of hydrogen-bond acceptors (Lipinski definition) is 5. The van der Waals surface area contributed by atoms with Gasteiger partial charge in [0.25, 0.3) is 5.91 Å². The summed E-state index contributed by atoms with van der Waals surface area (Å²) in [5.41, 5.74) is 2.13. The van der Waals surface area contributed by atoms with Crippen molar-refractivity contribution in [1.82, 2.24) is 10.1 Å². The molecule has 1 N–H and O–H groups in total. The summed E-state index contributed by atoms with van der Waals surface area (Å²) in [6.07, 6.45) is 5.64. The lowest BCUT2D eigenvalue weighted by Crippen LogP contribution is -2.12. The highest BCUT2D eigenvalue weighted by molar-refractivity contribution is 6.04. The fourth-order valence-electron chi connectivity index (χ4n) is 2.39. The molecule has 1 amide bonds. The zero-order valence-electron chi connectivity index (χ0n) is 12.4. The average Bonchev–Trinajstić information content (AvgIpc) is 3.08. The molecule has 1 aromatic carbocycles. The van der Waals surface area contributed by atoms with E-state index < -0.39 is 0 Å². The second kappa shape index (κ2) is 5.72. The first-order valence-corrected chi connectivity index (χ1v) is 7.53. The summed E-state index contributed by atoms with van der Waals surface area (Å²) in [6, 6.07) is 9.20. The van der Waals surface area contributed by atoms with Gasteiger partial charge in [-0.15, -0.1) is 0 Å². The molecule has 2 aromatic heterocycles. The van der Waals surface area contributed by atoms with E-state index in [9.17, 15) is 4.79 Å². The minimum Gasteiger partial charge on any atom is -0.472 e. The molecule has 2 heterocycles. The highest BCUT2D eigenvalue weighted by Gasteiger charge is 2.28. The lowest BCUT2D eigenvalue weighted by Gasteiger charge is -2.08. The van der Waals surface area contributed by atoms with E-state index in [4.69, 9.17) is 8.94 Å². The molecule has 1 aliphatic carbocycles. The number of aromatic nitrogens is 2. The van der Waals surface area contributed by atoms with Crippen LogP contribution in [0.3, 0.4) is 0 Å². The number of rotatable bonds is 5. The second-order valence-electron chi connectivity index (χ2n) is 5.62. The minimum atomic E-state index is -0.213. The van der Waals surface area contributed by atoms with Gasteiger partial charge in [0.2, 0.25) is 5.89 Å². The Labute approximate surface area is 132 Å². The van der Waals surface area contributed by atoms with Crippen molar-refractivity contribution in [2.24, 2.45) is 0 Å². The van der Waals surface area contributed by atoms with Gasteiger partial charge in [-0.2, -0.15) is 4.98 Å². The van der Waals surface area contributed by atoms with E-state index in [1.54, 1.807) is 6.07 Å². The quantitative estimate of drug-likeness (QED) is 0.781. The number of hydrogen-bond donors (Lipinski definition) is 1. The van der Waals surface area contributed by atoms with Crippen molar-refractivity contribution in [2.75, 3.05) is 5.32 Å². The summed E-state index contributed by atoms with van der Waals surface area (Å²) in [4.78, 5) is 16.6. The molecule has 116 valence electrons. The summed E-state index contributed by atoms with van der Waals surface area (Å²) >= 11 is 0. The molecule has 0 spiro atoms. The van der Waals surface area contributed by atoms with Crippen LogP contribution in [-0.4, -0.2) is 16.0 Å². The molecule has 6 heteroatoms. The van der Waals surface area contributed by atoms with Crippen LogP contribution in [0.5, 0.6) is 0 Å². The maximum atomic E-state index is 12.2. The van der Waals surface area contributed by atoms with Crippen LogP contribution in [0.1, 0.15) is 46.4 Å². The molecule has 0 radical (unpaired) electrons. The predicted octanol–water partition coefficient (Wildman–Crippen LogP) is 3.38. The molecule has 1 fully saturated rings. The molecule has 3 aromatic rings. The van der Waals surface area contributed by atoms with Crippen molar-refractivity contribution in [2.45, 2.75) is 25.2 Å². The lowest BCUT2D eigenvalue weighted by atomic mass is 10.1. The van der Waals surface area contributed by atoms with Crippen LogP contribution < -0.4 is 5.32 Å². The number of carbonyl (C=O) groups excluding carboxylic acids is 1. The van der Waals surface area contributed by atoms with Crippen molar-refractivity contribution in [1.29, 1.82) is 0 Å². The first-order valence-electron chi connectivity index (χ1n) is 7.53. The molecule has 1 aliphatic rings. The van der Waals surface area contributed by atoms with Gasteiger partial charge in [-0.1, -0.05) is 23.4 Å². The summed E-state index contributed by atoms with van der Waals surface area (Å²) in [7, 11) is 0. The molecule has 0 unspecified atom stereocenters. The molecule has 0 aliphatic heterocycles. The van der Waals surface area contributed by atoms with Gasteiger partial charge in [0.15, 0.2) is 5.82 Å². The van der Waals surface area contributed by atoms with Crippen molar-refractivity contribution >= 4 is 11.6 Å². The number of para-hydroxylation sites is 1. The van der Waals surface area contributed by atoms with Crippen LogP contribution in [0.15, 0.2) is 51.8 Å². The van der Waals surface area contributed by atoms with E-state index in [2.05, 4.69) is 15.5 Å². The highest BCUT2D eigenvalue weighted by Crippen LogP contribution is 2.38. The largest absolute Gasteiger partial charge is 0.472 e. The Kier molecular flexibility index (Phi) is 3.42. The van der Waals surface area contributed by atoms with Gasteiger partial charge in [0, 0.05) is 11.6 Å². The van der Waals surface area contributed by atoms with E-state index in [0.717, 1.165) is 29.9 Å². The Morgan fingerprint density at radius 1 is 1.26 bits per heavy atom. The van der Waals surface area contributed by atoms with E-state index in [1.165, 1.54) is 12.5 Å². The van der Waals surface area contributed by atoms with Crippen LogP contribution in [0.2, 0.25) is 0 Å². The molecule has 0 saturated heterocycles. The third-order valence-corrected chi connectivity index (χ3v) is 3.82. The topological polar surface area (TPSA) is 81.2 Å². The summed E-state index contributed by atoms with van der Waals surface area (Å²) in [5.74, 6) is 1.61. The molecule has 23 heavy (non-hydrogen) atoms. The molecular formula is C17H15N3O3. The predicted molar refractivity (Wildman–Crippen MR) is 82.2 cm³/mol. The number of nitrogens with zero attached hydrogens (tertiary/aromatic N) is 2. The Morgan fingerprint density at radius 3 is 2.91 bits per heavy atom. The van der Waals surface area contributed by atoms with E-state index >= 15 is 0 Å². The Balaban J connectivity index is 1.52. The van der Waals surface area contributed by atoms with Gasteiger partial charge in [-0.25, -0.2) is 0 Å². The minimum absolute atomic E-state index is 0.213. The van der Waals surface area contributed by atoms with Crippen LogP contribution in [0, 0.1) is 0 Å². The normalized spacial score (nSPS) is 13.9. The van der Waals surface area contributed by atoms with Gasteiger partial charge in [-0.3, -0.25) is 4.79 Å². The molecule has 1 saturated carbocycles. The van der Waals surface area contributed by atoms with Crippen molar-refractivity contribution < 1.29 is 13.7 Å². The van der Waals surface area contributed by atoms with E-state index in [-0.39, 0.29) is 5.91 Å². The number of furan rings is 1. The average molecular weight is 309 g/mol. The molecule has 0 atom stereocenters. The Hall–Kier alpha value is -2.89. The number of carbonyl (C=O) groups is 1. The van der Waals surface area contributed by atoms with Crippen molar-refractivity contribution in [3.63, 3.8) is 0 Å². The third-order valence-electron chi connectivity index (χ3n) is 3.82. The smallest absolute Gasteiger partial charge is 0.258 e. The molecular weight excluding hydrogens is 294 g/mol. The zero-order valence-corrected chi connectivity index (χ0v) is 12.4. The zero-order chi connectivity index (χ0) is 15.6.